The molecule has 2 atom stereocenters. The Balaban J connectivity index is 4.79. The van der Waals surface area contributed by atoms with Gasteiger partial charge in [-0.1, -0.05) is 80.1 Å². The van der Waals surface area contributed by atoms with E-state index in [1.54, 1.807) is 0 Å². The zero-order valence-corrected chi connectivity index (χ0v) is 19.3. The Bertz CT molecular complexity index is 418. The number of hydrogen-bond acceptors (Lipinski definition) is 2. The fraction of sp³-hybridized carbons (Fsp3) is 0.917. The standard InChI is InChI=1S/C24H46O4/c1-18(2)9-7-11-20(5)13-15-24(23(27)28,17-22(25)26)16-14-21(6)12-8-10-19(3)4/h18-21H,7-17H2,1-6H3,(H,25,26)(H,27,28). The van der Waals surface area contributed by atoms with Gasteiger partial charge in [0.25, 0.3) is 0 Å². The van der Waals surface area contributed by atoms with E-state index >= 15 is 0 Å². The summed E-state index contributed by atoms with van der Waals surface area (Å²) in [5.74, 6) is 0.328. The topological polar surface area (TPSA) is 74.6 Å². The lowest BCUT2D eigenvalue weighted by Gasteiger charge is -2.30. The molecule has 0 radical (unpaired) electrons. The fourth-order valence-corrected chi connectivity index (χ4v) is 3.96. The number of carboxylic acids is 2. The molecule has 0 saturated heterocycles. The van der Waals surface area contributed by atoms with E-state index in [0.29, 0.717) is 36.5 Å². The first-order valence-corrected chi connectivity index (χ1v) is 11.4. The van der Waals surface area contributed by atoms with Crippen molar-refractivity contribution in [3.63, 3.8) is 0 Å². The Morgan fingerprint density at radius 1 is 0.679 bits per heavy atom. The second-order valence-corrected chi connectivity index (χ2v) is 10.1. The number of hydrogen-bond donors (Lipinski definition) is 2. The lowest BCUT2D eigenvalue weighted by molar-refractivity contribution is -0.157. The highest BCUT2D eigenvalue weighted by atomic mass is 16.4. The molecule has 4 nitrogen and oxygen atoms in total. The average Bonchev–Trinajstić information content (AvgIpc) is 2.56. The van der Waals surface area contributed by atoms with Crippen molar-refractivity contribution in [2.45, 2.75) is 112 Å². The number of aliphatic carboxylic acids is 2. The first kappa shape index (κ1) is 26.9. The third-order valence-electron chi connectivity index (χ3n) is 6.13. The molecule has 0 amide bonds. The van der Waals surface area contributed by atoms with E-state index in [2.05, 4.69) is 41.5 Å². The van der Waals surface area contributed by atoms with Gasteiger partial charge in [-0.3, -0.25) is 9.59 Å². The molecule has 0 aromatic heterocycles. The largest absolute Gasteiger partial charge is 0.481 e. The van der Waals surface area contributed by atoms with E-state index < -0.39 is 17.4 Å². The molecule has 0 rings (SSSR count). The Morgan fingerprint density at radius 2 is 1.07 bits per heavy atom. The van der Waals surface area contributed by atoms with Crippen LogP contribution < -0.4 is 0 Å². The molecule has 0 aliphatic rings. The van der Waals surface area contributed by atoms with E-state index in [1.807, 2.05) is 0 Å². The van der Waals surface area contributed by atoms with Crippen molar-refractivity contribution >= 4 is 11.9 Å². The summed E-state index contributed by atoms with van der Waals surface area (Å²) >= 11 is 0. The SMILES string of the molecule is CC(C)CCCC(C)CCC(CCC(C)CCCC(C)C)(CC(=O)O)C(=O)O. The van der Waals surface area contributed by atoms with Crippen LogP contribution in [-0.2, 0) is 9.59 Å². The van der Waals surface area contributed by atoms with Crippen molar-refractivity contribution in [3.8, 4) is 0 Å². The van der Waals surface area contributed by atoms with Crippen LogP contribution in [0, 0.1) is 29.1 Å². The van der Waals surface area contributed by atoms with Gasteiger partial charge in [-0.15, -0.1) is 0 Å². The van der Waals surface area contributed by atoms with Gasteiger partial charge in [0.1, 0.15) is 0 Å². The quantitative estimate of drug-likeness (QED) is 0.276. The van der Waals surface area contributed by atoms with Crippen LogP contribution in [0.4, 0.5) is 0 Å². The van der Waals surface area contributed by atoms with Crippen LogP contribution in [0.15, 0.2) is 0 Å². The van der Waals surface area contributed by atoms with E-state index in [0.717, 1.165) is 38.5 Å². The molecule has 2 unspecified atom stereocenters. The number of carboxylic acid groups (broad SMARTS) is 2. The summed E-state index contributed by atoms with van der Waals surface area (Å²) in [6.07, 6.45) is 9.13. The summed E-state index contributed by atoms with van der Waals surface area (Å²) in [5, 5.41) is 19.3. The minimum absolute atomic E-state index is 0.264. The molecule has 0 saturated carbocycles. The first-order chi connectivity index (χ1) is 13.0. The van der Waals surface area contributed by atoms with Crippen molar-refractivity contribution in [2.24, 2.45) is 29.1 Å². The Morgan fingerprint density at radius 3 is 1.36 bits per heavy atom. The predicted octanol–water partition coefficient (Wildman–Crippen LogP) is 7.02. The van der Waals surface area contributed by atoms with Crippen molar-refractivity contribution in [1.82, 2.24) is 0 Å². The highest BCUT2D eigenvalue weighted by molar-refractivity contribution is 5.81. The highest BCUT2D eigenvalue weighted by Crippen LogP contribution is 2.38. The van der Waals surface area contributed by atoms with Crippen LogP contribution in [0.1, 0.15) is 112 Å². The predicted molar refractivity (Wildman–Crippen MR) is 116 cm³/mol. The van der Waals surface area contributed by atoms with E-state index in [4.69, 9.17) is 0 Å². The smallest absolute Gasteiger partial charge is 0.310 e. The third-order valence-corrected chi connectivity index (χ3v) is 6.13. The van der Waals surface area contributed by atoms with Gasteiger partial charge in [0.2, 0.25) is 0 Å². The van der Waals surface area contributed by atoms with Crippen molar-refractivity contribution < 1.29 is 19.8 Å². The number of carbonyl (C=O) groups is 2. The molecule has 0 fully saturated rings. The van der Waals surface area contributed by atoms with Gasteiger partial charge in [-0.25, -0.2) is 0 Å². The van der Waals surface area contributed by atoms with Crippen LogP contribution in [0.3, 0.4) is 0 Å². The maximum atomic E-state index is 12.1. The van der Waals surface area contributed by atoms with Gasteiger partial charge >= 0.3 is 11.9 Å². The zero-order valence-electron chi connectivity index (χ0n) is 19.3. The second-order valence-electron chi connectivity index (χ2n) is 10.1. The van der Waals surface area contributed by atoms with Crippen LogP contribution in [0.2, 0.25) is 0 Å². The highest BCUT2D eigenvalue weighted by Gasteiger charge is 2.40. The maximum absolute atomic E-state index is 12.1. The number of rotatable bonds is 17. The Hall–Kier alpha value is -1.06. The van der Waals surface area contributed by atoms with Crippen LogP contribution >= 0.6 is 0 Å². The molecular formula is C24H46O4. The monoisotopic (exact) mass is 398 g/mol. The summed E-state index contributed by atoms with van der Waals surface area (Å²) in [5.41, 5.74) is -1.12. The molecule has 0 bridgehead atoms. The van der Waals surface area contributed by atoms with Crippen molar-refractivity contribution in [3.05, 3.63) is 0 Å². The lowest BCUT2D eigenvalue weighted by atomic mass is 9.73. The van der Waals surface area contributed by atoms with Crippen LogP contribution in [0.25, 0.3) is 0 Å². The third kappa shape index (κ3) is 12.4. The second kappa shape index (κ2) is 14.0. The van der Waals surface area contributed by atoms with Gasteiger partial charge in [-0.2, -0.15) is 0 Å². The van der Waals surface area contributed by atoms with E-state index in [1.165, 1.54) is 12.8 Å². The lowest BCUT2D eigenvalue weighted by Crippen LogP contribution is -2.34. The molecule has 28 heavy (non-hydrogen) atoms. The Labute approximate surface area is 173 Å². The van der Waals surface area contributed by atoms with Crippen LogP contribution in [0.5, 0.6) is 0 Å². The van der Waals surface area contributed by atoms with Gasteiger partial charge in [0.15, 0.2) is 0 Å². The molecule has 0 aromatic carbocycles. The van der Waals surface area contributed by atoms with E-state index in [9.17, 15) is 19.8 Å². The van der Waals surface area contributed by atoms with Crippen molar-refractivity contribution in [2.75, 3.05) is 0 Å². The summed E-state index contributed by atoms with van der Waals surface area (Å²) < 4.78 is 0. The summed E-state index contributed by atoms with van der Waals surface area (Å²) in [6, 6.07) is 0. The van der Waals surface area contributed by atoms with Crippen molar-refractivity contribution in [1.29, 1.82) is 0 Å². The molecular weight excluding hydrogens is 352 g/mol. The summed E-state index contributed by atoms with van der Waals surface area (Å²) in [6.45, 7) is 13.2. The van der Waals surface area contributed by atoms with Gasteiger partial charge in [-0.05, 0) is 49.4 Å². The molecule has 0 aliphatic heterocycles. The van der Waals surface area contributed by atoms with Crippen LogP contribution in [-0.4, -0.2) is 22.2 Å². The van der Waals surface area contributed by atoms with Gasteiger partial charge < -0.3 is 10.2 Å². The van der Waals surface area contributed by atoms with Gasteiger partial charge in [0.05, 0.1) is 11.8 Å². The molecule has 2 N–H and O–H groups in total. The minimum atomic E-state index is -1.12. The fourth-order valence-electron chi connectivity index (χ4n) is 3.96. The average molecular weight is 399 g/mol. The zero-order chi connectivity index (χ0) is 21.7. The minimum Gasteiger partial charge on any atom is -0.481 e. The maximum Gasteiger partial charge on any atom is 0.310 e. The van der Waals surface area contributed by atoms with E-state index in [-0.39, 0.29) is 6.42 Å². The molecule has 0 aromatic rings. The molecule has 4 heteroatoms. The molecule has 166 valence electrons. The summed E-state index contributed by atoms with van der Waals surface area (Å²) in [4.78, 5) is 23.6. The first-order valence-electron chi connectivity index (χ1n) is 11.4. The normalized spacial score (nSPS) is 16.1. The molecule has 0 aliphatic carbocycles. The molecule has 0 spiro atoms. The molecule has 0 heterocycles. The summed E-state index contributed by atoms with van der Waals surface area (Å²) in [7, 11) is 0. The Kier molecular flexibility index (Phi) is 13.5. The van der Waals surface area contributed by atoms with Gasteiger partial charge in [0, 0.05) is 0 Å².